The van der Waals surface area contributed by atoms with Crippen molar-refractivity contribution in [3.05, 3.63) is 41.7 Å². The van der Waals surface area contributed by atoms with Crippen molar-refractivity contribution in [2.75, 3.05) is 20.3 Å². The van der Waals surface area contributed by atoms with Crippen LogP contribution < -0.4 is 10.1 Å². The summed E-state index contributed by atoms with van der Waals surface area (Å²) < 4.78 is 12.7. The van der Waals surface area contributed by atoms with Crippen LogP contribution in [0.1, 0.15) is 11.3 Å². The molecule has 21 heavy (non-hydrogen) atoms. The summed E-state index contributed by atoms with van der Waals surface area (Å²) in [6.45, 7) is 2.93. The minimum Gasteiger partial charge on any atom is -0.488 e. The van der Waals surface area contributed by atoms with Crippen LogP contribution in [0.15, 0.2) is 30.5 Å². The molecule has 2 heterocycles. The Balaban J connectivity index is 1.49. The molecule has 3 rings (SSSR count). The van der Waals surface area contributed by atoms with Crippen molar-refractivity contribution in [1.82, 2.24) is 20.3 Å². The second-order valence-electron chi connectivity index (χ2n) is 5.15. The van der Waals surface area contributed by atoms with Crippen LogP contribution in [0.5, 0.6) is 5.75 Å². The fourth-order valence-electron chi connectivity index (χ4n) is 2.46. The Labute approximate surface area is 124 Å². The summed E-state index contributed by atoms with van der Waals surface area (Å²) in [5.74, 6) is 0.990. The van der Waals surface area contributed by atoms with E-state index in [9.17, 15) is 0 Å². The summed E-state index contributed by atoms with van der Waals surface area (Å²) in [7, 11) is 1.69. The molecule has 6 heteroatoms. The van der Waals surface area contributed by atoms with E-state index < -0.39 is 0 Å². The molecule has 0 saturated carbocycles. The van der Waals surface area contributed by atoms with Crippen molar-refractivity contribution < 1.29 is 9.47 Å². The minimum atomic E-state index is 0.137. The van der Waals surface area contributed by atoms with E-state index in [0.717, 1.165) is 31.0 Å². The van der Waals surface area contributed by atoms with Crippen molar-refractivity contribution in [2.24, 2.45) is 0 Å². The second kappa shape index (κ2) is 6.69. The van der Waals surface area contributed by atoms with E-state index in [2.05, 4.69) is 21.7 Å². The molecule has 1 unspecified atom stereocenters. The third kappa shape index (κ3) is 3.59. The minimum absolute atomic E-state index is 0.137. The van der Waals surface area contributed by atoms with Gasteiger partial charge < -0.3 is 14.8 Å². The maximum Gasteiger partial charge on any atom is 0.123 e. The van der Waals surface area contributed by atoms with Gasteiger partial charge in [-0.2, -0.15) is 0 Å². The van der Waals surface area contributed by atoms with E-state index in [4.69, 9.17) is 9.47 Å². The van der Waals surface area contributed by atoms with Crippen LogP contribution in [0.2, 0.25) is 0 Å². The Hall–Kier alpha value is -1.92. The van der Waals surface area contributed by atoms with E-state index in [1.807, 2.05) is 29.1 Å². The third-order valence-electron chi connectivity index (χ3n) is 3.48. The molecule has 112 valence electrons. The van der Waals surface area contributed by atoms with Crippen LogP contribution in [-0.2, 0) is 24.2 Å². The van der Waals surface area contributed by atoms with Crippen molar-refractivity contribution in [3.8, 4) is 5.75 Å². The van der Waals surface area contributed by atoms with E-state index >= 15 is 0 Å². The quantitative estimate of drug-likeness (QED) is 0.771. The molecule has 0 aliphatic carbocycles. The van der Waals surface area contributed by atoms with Crippen LogP contribution in [0.4, 0.5) is 0 Å². The summed E-state index contributed by atoms with van der Waals surface area (Å²) in [6, 6.07) is 8.17. The first kappa shape index (κ1) is 14.0. The van der Waals surface area contributed by atoms with E-state index in [-0.39, 0.29) is 6.10 Å². The SMILES string of the molecule is COCCNCc1cn(CC2Cc3ccccc3O2)nn1. The fraction of sp³-hybridized carbons (Fsp3) is 0.467. The van der Waals surface area contributed by atoms with Crippen LogP contribution in [0, 0.1) is 0 Å². The molecular formula is C15H20N4O2. The highest BCUT2D eigenvalue weighted by Crippen LogP contribution is 2.28. The molecule has 0 bridgehead atoms. The van der Waals surface area contributed by atoms with Gasteiger partial charge in [-0.3, -0.25) is 0 Å². The molecule has 0 fully saturated rings. The average Bonchev–Trinajstić information content (AvgIpc) is 3.10. The number of ether oxygens (including phenoxy) is 2. The van der Waals surface area contributed by atoms with Crippen molar-refractivity contribution >= 4 is 0 Å². The fourth-order valence-corrected chi connectivity index (χ4v) is 2.46. The van der Waals surface area contributed by atoms with Gasteiger partial charge in [0.05, 0.1) is 18.8 Å². The molecule has 1 N–H and O–H groups in total. The van der Waals surface area contributed by atoms with E-state index in [0.29, 0.717) is 13.2 Å². The van der Waals surface area contributed by atoms with Gasteiger partial charge in [-0.05, 0) is 11.6 Å². The summed E-state index contributed by atoms with van der Waals surface area (Å²) in [4.78, 5) is 0. The van der Waals surface area contributed by atoms with E-state index in [1.54, 1.807) is 7.11 Å². The standard InChI is InChI=1S/C15H20N4O2/c1-20-7-6-16-9-13-10-19(18-17-13)11-14-8-12-4-2-3-5-15(12)21-14/h2-5,10,14,16H,6-9,11H2,1H3. The predicted molar refractivity (Wildman–Crippen MR) is 78.2 cm³/mol. The number of para-hydroxylation sites is 1. The highest BCUT2D eigenvalue weighted by atomic mass is 16.5. The Morgan fingerprint density at radius 2 is 2.33 bits per heavy atom. The lowest BCUT2D eigenvalue weighted by Gasteiger charge is -2.09. The first-order chi connectivity index (χ1) is 10.3. The largest absolute Gasteiger partial charge is 0.488 e. The molecule has 1 atom stereocenters. The predicted octanol–water partition coefficient (Wildman–Crippen LogP) is 1.02. The number of aromatic nitrogens is 3. The number of benzene rings is 1. The lowest BCUT2D eigenvalue weighted by atomic mass is 10.1. The Kier molecular flexibility index (Phi) is 4.47. The van der Waals surface area contributed by atoms with Crippen molar-refractivity contribution in [1.29, 1.82) is 0 Å². The first-order valence-electron chi connectivity index (χ1n) is 7.18. The van der Waals surface area contributed by atoms with Gasteiger partial charge in [0, 0.05) is 32.8 Å². The summed E-state index contributed by atoms with van der Waals surface area (Å²) in [5.41, 5.74) is 2.20. The molecule has 2 aromatic rings. The van der Waals surface area contributed by atoms with Crippen LogP contribution in [-0.4, -0.2) is 41.4 Å². The van der Waals surface area contributed by atoms with Gasteiger partial charge in [-0.1, -0.05) is 23.4 Å². The number of rotatable bonds is 7. The topological polar surface area (TPSA) is 61.2 Å². The normalized spacial score (nSPS) is 16.7. The number of nitrogens with zero attached hydrogens (tertiary/aromatic N) is 3. The zero-order chi connectivity index (χ0) is 14.5. The van der Waals surface area contributed by atoms with Crippen LogP contribution in [0.3, 0.4) is 0 Å². The van der Waals surface area contributed by atoms with Gasteiger partial charge in [-0.15, -0.1) is 5.10 Å². The monoisotopic (exact) mass is 288 g/mol. The second-order valence-corrected chi connectivity index (χ2v) is 5.15. The zero-order valence-electron chi connectivity index (χ0n) is 12.2. The van der Waals surface area contributed by atoms with Gasteiger partial charge in [0.25, 0.3) is 0 Å². The zero-order valence-corrected chi connectivity index (χ0v) is 12.2. The highest BCUT2D eigenvalue weighted by Gasteiger charge is 2.22. The number of methoxy groups -OCH3 is 1. The van der Waals surface area contributed by atoms with Gasteiger partial charge in [0.1, 0.15) is 11.9 Å². The van der Waals surface area contributed by atoms with E-state index in [1.165, 1.54) is 5.56 Å². The van der Waals surface area contributed by atoms with Crippen molar-refractivity contribution in [3.63, 3.8) is 0 Å². The number of fused-ring (bicyclic) bond motifs is 1. The molecular weight excluding hydrogens is 268 g/mol. The maximum atomic E-state index is 5.91. The molecule has 6 nitrogen and oxygen atoms in total. The Morgan fingerprint density at radius 3 is 3.19 bits per heavy atom. The Bertz CT molecular complexity index is 560. The van der Waals surface area contributed by atoms with Gasteiger partial charge in [0.2, 0.25) is 0 Å². The van der Waals surface area contributed by atoms with Crippen molar-refractivity contribution in [2.45, 2.75) is 25.6 Å². The number of nitrogens with one attached hydrogen (secondary N) is 1. The van der Waals surface area contributed by atoms with Crippen LogP contribution in [0.25, 0.3) is 0 Å². The molecule has 0 saturated heterocycles. The molecule has 1 aliphatic rings. The third-order valence-corrected chi connectivity index (χ3v) is 3.48. The first-order valence-corrected chi connectivity index (χ1v) is 7.18. The van der Waals surface area contributed by atoms with Gasteiger partial charge in [-0.25, -0.2) is 4.68 Å². The lowest BCUT2D eigenvalue weighted by Crippen LogP contribution is -2.21. The number of hydrogen-bond donors (Lipinski definition) is 1. The van der Waals surface area contributed by atoms with Gasteiger partial charge in [0.15, 0.2) is 0 Å². The maximum absolute atomic E-state index is 5.91. The summed E-state index contributed by atoms with van der Waals surface area (Å²) in [5, 5.41) is 11.6. The molecule has 0 amide bonds. The highest BCUT2D eigenvalue weighted by molar-refractivity contribution is 5.37. The number of hydrogen-bond acceptors (Lipinski definition) is 5. The molecule has 0 radical (unpaired) electrons. The molecule has 1 aromatic carbocycles. The van der Waals surface area contributed by atoms with Gasteiger partial charge >= 0.3 is 0 Å². The smallest absolute Gasteiger partial charge is 0.123 e. The van der Waals surface area contributed by atoms with Crippen LogP contribution >= 0.6 is 0 Å². The Morgan fingerprint density at radius 1 is 1.43 bits per heavy atom. The molecule has 1 aliphatic heterocycles. The summed E-state index contributed by atoms with van der Waals surface area (Å²) >= 11 is 0. The lowest BCUT2D eigenvalue weighted by molar-refractivity contribution is 0.199. The molecule has 0 spiro atoms. The molecule has 1 aromatic heterocycles. The summed E-state index contributed by atoms with van der Waals surface area (Å²) in [6.07, 6.45) is 3.03. The average molecular weight is 288 g/mol.